The first kappa shape index (κ1) is 67.8. The van der Waals surface area contributed by atoms with Gasteiger partial charge in [-0.2, -0.15) is 0 Å². The molecule has 8 bridgehead atoms. The monoisotopic (exact) mass is 1590 g/mol. The van der Waals surface area contributed by atoms with Crippen LogP contribution in [0, 0.1) is 0 Å². The van der Waals surface area contributed by atoms with E-state index in [0.29, 0.717) is 45.3 Å². The van der Waals surface area contributed by atoms with Gasteiger partial charge in [-0.05, 0) is 46.5 Å². The summed E-state index contributed by atoms with van der Waals surface area (Å²) in [4.78, 5) is 38.2. The highest BCUT2D eigenvalue weighted by Crippen LogP contribution is 2.59. The maximum atomic E-state index is 7.79. The largest absolute Gasteiger partial charge is 0.453 e. The van der Waals surface area contributed by atoms with Crippen molar-refractivity contribution in [3.8, 4) is 136 Å². The van der Waals surface area contributed by atoms with Crippen molar-refractivity contribution in [2.75, 3.05) is 0 Å². The molecule has 2 aliphatic rings. The third-order valence-electron chi connectivity index (χ3n) is 17.5. The molecule has 0 amide bonds. The second-order valence-corrected chi connectivity index (χ2v) is 28.1. The molecule has 15 aromatic rings. The summed E-state index contributed by atoms with van der Waals surface area (Å²) < 4.78 is 27.2. The Morgan fingerprint density at radius 3 is 0.683 bits per heavy atom. The molecule has 0 spiro atoms. The number of benzene rings is 12. The molecule has 0 radical (unpaired) electrons. The number of nitrogens with one attached hydrogen (secondary N) is 2. The van der Waals surface area contributed by atoms with E-state index in [1.807, 2.05) is 194 Å². The number of para-hydroxylation sites is 4. The quantitative estimate of drug-likeness (QED) is 0.113. The molecule has 0 unspecified atom stereocenters. The van der Waals surface area contributed by atoms with Gasteiger partial charge < -0.3 is 28.9 Å². The molecule has 12 nitrogen and oxygen atoms in total. The van der Waals surface area contributed by atoms with Crippen LogP contribution in [0.1, 0.15) is 0 Å². The maximum Gasteiger partial charge on any atom is 0.166 e. The van der Waals surface area contributed by atoms with Gasteiger partial charge in [-0.3, -0.25) is 0 Å². The van der Waals surface area contributed by atoms with Crippen LogP contribution in [-0.2, 0) is 0 Å². The molecule has 104 heavy (non-hydrogen) atoms. The third kappa shape index (κ3) is 11.6. The number of hydrogen-bond donors (Lipinski definition) is 2. The van der Waals surface area contributed by atoms with Gasteiger partial charge in [0.15, 0.2) is 46.3 Å². The van der Waals surface area contributed by atoms with Crippen LogP contribution < -0.4 is 18.9 Å². The minimum Gasteiger partial charge on any atom is -0.453 e. The number of nitrogens with zero attached hydrogens (tertiary/aromatic N) is 6. The minimum absolute atomic E-state index is 0.0201. The highest BCUT2D eigenvalue weighted by Gasteiger charge is 2.37. The average Bonchev–Trinajstić information content (AvgIpc) is 1.56. The van der Waals surface area contributed by atoms with Crippen molar-refractivity contribution in [2.24, 2.45) is 0 Å². The summed E-state index contributed by atoms with van der Waals surface area (Å²) in [5.41, 5.74) is 6.54. The zero-order chi connectivity index (χ0) is 71.3. The molecule has 0 atom stereocenters. The molecule has 5 heterocycles. The summed E-state index contributed by atoms with van der Waals surface area (Å²) in [6, 6.07) is 68.0. The van der Waals surface area contributed by atoms with Crippen LogP contribution >= 0.6 is 139 Å². The number of ether oxygens (including phenoxy) is 4. The van der Waals surface area contributed by atoms with Crippen molar-refractivity contribution in [3.05, 3.63) is 279 Å². The van der Waals surface area contributed by atoms with Crippen molar-refractivity contribution >= 4 is 183 Å². The Bertz CT molecular complexity index is 6290. The SMILES string of the molecule is Clc1c(Cl)c2c(c(Cl)c1Oc1ccccc1-c1ccccc1)-c1nc-2nc2[nH]c(nc3nc(nc4[nH]c(n1)c1c(Cl)c(Cl)c(Oc5ccccc5-c5ccccc5)c(Cl)c41)-c1c(Cl)c(Oc4ccccc4-c4ccccc4)c(Cl)c(Cl)c1-3)c1c(Cl)c(Cl)c(Oc3ccccc3-c3ccccc3)c(Cl)c21. The highest BCUT2D eigenvalue weighted by molar-refractivity contribution is 6.53. The fourth-order valence-electron chi connectivity index (χ4n) is 12.7. The molecule has 17 rings (SSSR count). The van der Waals surface area contributed by atoms with Crippen molar-refractivity contribution in [3.63, 3.8) is 0 Å². The Labute approximate surface area is 651 Å². The number of aromatic nitrogens is 8. The van der Waals surface area contributed by atoms with Crippen LogP contribution in [0.2, 0.25) is 60.3 Å². The second-order valence-electron chi connectivity index (χ2n) is 23.6. The van der Waals surface area contributed by atoms with E-state index in [1.54, 1.807) is 24.3 Å². The van der Waals surface area contributed by atoms with Crippen LogP contribution in [0.25, 0.3) is 134 Å². The van der Waals surface area contributed by atoms with E-state index >= 15 is 0 Å². The first-order chi connectivity index (χ1) is 50.6. The van der Waals surface area contributed by atoms with Gasteiger partial charge >= 0.3 is 0 Å². The van der Waals surface area contributed by atoms with E-state index in [9.17, 15) is 0 Å². The van der Waals surface area contributed by atoms with Gasteiger partial charge in [0.1, 0.15) is 65.7 Å². The Morgan fingerprint density at radius 2 is 0.413 bits per heavy atom. The first-order valence-electron chi connectivity index (χ1n) is 31.5. The normalized spacial score (nSPS) is 11.7. The van der Waals surface area contributed by atoms with Gasteiger partial charge in [-0.25, -0.2) is 29.9 Å². The number of H-pyrrole nitrogens is 2. The summed E-state index contributed by atoms with van der Waals surface area (Å²) in [6.07, 6.45) is 0. The Hall–Kier alpha value is -9.32. The molecule has 24 heteroatoms. The van der Waals surface area contributed by atoms with Crippen molar-refractivity contribution in [2.45, 2.75) is 0 Å². The molecule has 0 fully saturated rings. The lowest BCUT2D eigenvalue weighted by atomic mass is 10.0. The molecule has 3 aromatic heterocycles. The van der Waals surface area contributed by atoms with Gasteiger partial charge in [0.2, 0.25) is 0 Å². The molecule has 0 saturated heterocycles. The van der Waals surface area contributed by atoms with E-state index in [4.69, 9.17) is 188 Å². The molecular formula is C80H38Cl12N8O4. The number of halogens is 12. The number of aromatic amines is 2. The number of rotatable bonds is 12. The first-order valence-corrected chi connectivity index (χ1v) is 36.1. The lowest BCUT2D eigenvalue weighted by molar-refractivity contribution is 0.485. The topological polar surface area (TPSA) is 146 Å². The van der Waals surface area contributed by atoms with Gasteiger partial charge in [-0.1, -0.05) is 333 Å². The molecule has 506 valence electrons. The molecule has 2 aliphatic heterocycles. The van der Waals surface area contributed by atoms with Crippen LogP contribution in [0.5, 0.6) is 46.0 Å². The van der Waals surface area contributed by atoms with E-state index < -0.39 is 0 Å². The minimum atomic E-state index is -0.110. The average molecular weight is 1600 g/mol. The van der Waals surface area contributed by atoms with Crippen LogP contribution in [0.4, 0.5) is 0 Å². The third-order valence-corrected chi connectivity index (χ3v) is 22.3. The molecule has 0 saturated carbocycles. The van der Waals surface area contributed by atoms with E-state index in [2.05, 4.69) is 9.97 Å². The van der Waals surface area contributed by atoms with E-state index in [0.717, 1.165) is 22.3 Å². The summed E-state index contributed by atoms with van der Waals surface area (Å²) >= 11 is 91.3. The zero-order valence-corrected chi connectivity index (χ0v) is 61.7. The second kappa shape index (κ2) is 27.6. The molecule has 12 aromatic carbocycles. The standard InChI is InChI=1S/C80H38Cl12N8O4/c81-57-49-53(61(85)69(65(57)89)101-45-33-17-13-29-41(45)37-21-5-1-6-22-37)77-94-73(49)93-74-50-55(63(87)71(66(90)58(50)82)103-47-35-19-15-31-43(47)39-25-9-3-10-26-39)79(95-74)100-80-56-52(60(84)68(92)72(64(56)88)104-48-36-20-16-32-44(48)40-27-11-4-12-28-40)76(99-80)98-78-54-51(75(96-77)97-78)59(83)67(91)70(62(54)86)102-46-34-18-14-30-42(46)38-23-7-2-8-24-38/h1-36H,(H2,93,94,95,96,97,98,99,100). The summed E-state index contributed by atoms with van der Waals surface area (Å²) in [5, 5.41) is -0.569. The Balaban J connectivity index is 0.989. The van der Waals surface area contributed by atoms with Crippen molar-refractivity contribution in [1.29, 1.82) is 0 Å². The summed E-state index contributed by atoms with van der Waals surface area (Å²) in [6.45, 7) is 0. The lowest BCUT2D eigenvalue weighted by Crippen LogP contribution is -1.94. The van der Waals surface area contributed by atoms with Gasteiger partial charge in [0.05, 0.1) is 84.0 Å². The van der Waals surface area contributed by atoms with Gasteiger partial charge in [0, 0.05) is 22.3 Å². The molecule has 0 aliphatic carbocycles. The Morgan fingerprint density at radius 1 is 0.202 bits per heavy atom. The zero-order valence-electron chi connectivity index (χ0n) is 52.6. The maximum absolute atomic E-state index is 7.79. The molecule has 2 N–H and O–H groups in total. The lowest BCUT2D eigenvalue weighted by Gasteiger charge is -2.17. The van der Waals surface area contributed by atoms with Crippen LogP contribution in [0.3, 0.4) is 0 Å². The van der Waals surface area contributed by atoms with E-state index in [1.165, 1.54) is 0 Å². The summed E-state index contributed by atoms with van der Waals surface area (Å²) in [7, 11) is 0. The number of fused-ring (bicyclic) bond motifs is 20. The van der Waals surface area contributed by atoms with Crippen LogP contribution in [-0.4, -0.2) is 39.9 Å². The van der Waals surface area contributed by atoms with E-state index in [-0.39, 0.29) is 173 Å². The summed E-state index contributed by atoms with van der Waals surface area (Å²) in [5.74, 6) is 0.907. The smallest absolute Gasteiger partial charge is 0.166 e. The molecular weight excluding hydrogens is 1560 g/mol. The van der Waals surface area contributed by atoms with Crippen molar-refractivity contribution in [1.82, 2.24) is 39.9 Å². The fourth-order valence-corrected chi connectivity index (χ4v) is 16.1. The van der Waals surface area contributed by atoms with Gasteiger partial charge in [-0.15, -0.1) is 0 Å². The number of hydrogen-bond acceptors (Lipinski definition) is 10. The Kier molecular flexibility index (Phi) is 18.0. The van der Waals surface area contributed by atoms with Crippen LogP contribution in [0.15, 0.2) is 218 Å². The van der Waals surface area contributed by atoms with Gasteiger partial charge in [0.25, 0.3) is 0 Å². The predicted molar refractivity (Wildman–Crippen MR) is 424 cm³/mol. The van der Waals surface area contributed by atoms with Crippen molar-refractivity contribution < 1.29 is 18.9 Å². The highest BCUT2D eigenvalue weighted by atomic mass is 35.5. The fraction of sp³-hybridized carbons (Fsp3) is 0. The predicted octanol–water partition coefficient (Wildman–Crippen LogP) is 28.5.